The molecule has 2 fully saturated rings. The van der Waals surface area contributed by atoms with E-state index in [1.54, 1.807) is 14.2 Å². The zero-order valence-corrected chi connectivity index (χ0v) is 20.2. The van der Waals surface area contributed by atoms with Gasteiger partial charge in [0.1, 0.15) is 0 Å². The lowest BCUT2D eigenvalue weighted by molar-refractivity contribution is 0.156. The van der Waals surface area contributed by atoms with Crippen LogP contribution >= 0.6 is 0 Å². The molecule has 35 heavy (non-hydrogen) atoms. The lowest BCUT2D eigenvalue weighted by Gasteiger charge is -2.45. The molecule has 0 spiro atoms. The number of ether oxygens (including phenoxy) is 2. The molecule has 0 unspecified atom stereocenters. The molecule has 1 aliphatic carbocycles. The molecule has 10 nitrogen and oxygen atoms in total. The third kappa shape index (κ3) is 4.41. The van der Waals surface area contributed by atoms with Gasteiger partial charge >= 0.3 is 6.03 Å². The number of aromatic nitrogens is 4. The number of rotatable bonds is 6. The van der Waals surface area contributed by atoms with Crippen molar-refractivity contribution in [1.29, 1.82) is 0 Å². The van der Waals surface area contributed by atoms with Gasteiger partial charge in [0.25, 0.3) is 0 Å². The summed E-state index contributed by atoms with van der Waals surface area (Å²) in [6, 6.07) is 13.9. The Morgan fingerprint density at radius 3 is 2.77 bits per heavy atom. The number of nitrogens with one attached hydrogen (secondary N) is 3. The number of anilines is 1. The standard InChI is InChI=1S/C25H31N7O3/c1-32-12-11-25(17-7-8-20(34-2)21(14-17)35-3)10-9-19(15-22(25)32)27-24(33)26-18-6-4-5-16(13-18)23-28-30-31-29-23/h4-8,13-14,19,22H,9-12,15H2,1-3H3,(H2,26,27,33)(H,28,29,30,31)/t19-,22+,25+/m1/s1. The molecule has 2 aromatic carbocycles. The van der Waals surface area contributed by atoms with Crippen LogP contribution in [0.3, 0.4) is 0 Å². The Bertz CT molecular complexity index is 1190. The van der Waals surface area contributed by atoms with Crippen molar-refractivity contribution in [3.05, 3.63) is 48.0 Å². The first-order valence-corrected chi connectivity index (χ1v) is 11.9. The summed E-state index contributed by atoms with van der Waals surface area (Å²) in [7, 11) is 5.51. The first-order valence-electron chi connectivity index (χ1n) is 11.9. The number of methoxy groups -OCH3 is 2. The van der Waals surface area contributed by atoms with Gasteiger partial charge in [-0.2, -0.15) is 5.21 Å². The number of amides is 2. The quantitative estimate of drug-likeness (QED) is 0.499. The van der Waals surface area contributed by atoms with Crippen molar-refractivity contribution in [1.82, 2.24) is 30.8 Å². The topological polar surface area (TPSA) is 117 Å². The second-order valence-corrected chi connectivity index (χ2v) is 9.36. The highest BCUT2D eigenvalue weighted by atomic mass is 16.5. The van der Waals surface area contributed by atoms with Gasteiger partial charge in [0, 0.05) is 28.7 Å². The average Bonchev–Trinajstić information content (AvgIpc) is 3.53. The fourth-order valence-electron chi connectivity index (χ4n) is 5.77. The minimum Gasteiger partial charge on any atom is -0.493 e. The van der Waals surface area contributed by atoms with Gasteiger partial charge in [0.2, 0.25) is 5.82 Å². The Labute approximate surface area is 204 Å². The molecule has 2 heterocycles. The molecule has 1 saturated carbocycles. The molecule has 1 aromatic heterocycles. The maximum Gasteiger partial charge on any atom is 0.319 e. The predicted octanol–water partition coefficient (Wildman–Crippen LogP) is 3.20. The first-order chi connectivity index (χ1) is 17.0. The van der Waals surface area contributed by atoms with Crippen LogP contribution in [0.2, 0.25) is 0 Å². The molecule has 3 atom stereocenters. The number of hydrogen-bond donors (Lipinski definition) is 3. The van der Waals surface area contributed by atoms with Crippen molar-refractivity contribution < 1.29 is 14.3 Å². The van der Waals surface area contributed by atoms with E-state index in [0.29, 0.717) is 17.6 Å². The SMILES string of the molecule is COc1ccc([C@@]23CC[C@@H](NC(=O)Nc4cccc(-c5nn[nH]n5)c4)C[C@@H]2N(C)CC3)cc1OC. The number of hydrogen-bond acceptors (Lipinski definition) is 7. The molecular formula is C25H31N7O3. The molecule has 5 rings (SSSR count). The summed E-state index contributed by atoms with van der Waals surface area (Å²) in [6.45, 7) is 1.03. The number of carbonyl (C=O) groups excluding carboxylic acids is 1. The van der Waals surface area contributed by atoms with Crippen LogP contribution in [0.25, 0.3) is 11.4 Å². The highest BCUT2D eigenvalue weighted by Gasteiger charge is 2.50. The predicted molar refractivity (Wildman–Crippen MR) is 132 cm³/mol. The summed E-state index contributed by atoms with van der Waals surface area (Å²) in [5, 5.41) is 20.2. The van der Waals surface area contributed by atoms with E-state index >= 15 is 0 Å². The molecule has 2 amide bonds. The molecule has 2 aliphatic rings. The largest absolute Gasteiger partial charge is 0.493 e. The number of H-pyrrole nitrogens is 1. The van der Waals surface area contributed by atoms with E-state index in [0.717, 1.165) is 49.3 Å². The van der Waals surface area contributed by atoms with Crippen LogP contribution in [0, 0.1) is 0 Å². The third-order valence-electron chi connectivity index (χ3n) is 7.54. The number of benzene rings is 2. The molecule has 0 radical (unpaired) electrons. The first kappa shape index (κ1) is 23.1. The van der Waals surface area contributed by atoms with Gasteiger partial charge in [-0.15, -0.1) is 10.2 Å². The van der Waals surface area contributed by atoms with Gasteiger partial charge < -0.3 is 25.0 Å². The molecule has 3 aromatic rings. The number of nitrogens with zero attached hydrogens (tertiary/aromatic N) is 4. The van der Waals surface area contributed by atoms with Crippen LogP contribution < -0.4 is 20.1 Å². The van der Waals surface area contributed by atoms with E-state index in [1.807, 2.05) is 30.3 Å². The van der Waals surface area contributed by atoms with Crippen LogP contribution in [0.4, 0.5) is 10.5 Å². The molecule has 184 valence electrons. The fourth-order valence-corrected chi connectivity index (χ4v) is 5.77. The number of aromatic amines is 1. The van der Waals surface area contributed by atoms with E-state index in [-0.39, 0.29) is 17.5 Å². The summed E-state index contributed by atoms with van der Waals surface area (Å²) < 4.78 is 11.0. The number of tetrazole rings is 1. The van der Waals surface area contributed by atoms with E-state index < -0.39 is 0 Å². The Hall–Kier alpha value is -3.66. The van der Waals surface area contributed by atoms with Gasteiger partial charge in [-0.1, -0.05) is 18.2 Å². The molecule has 0 bridgehead atoms. The minimum absolute atomic E-state index is 0.0435. The molecule has 10 heteroatoms. The van der Waals surface area contributed by atoms with Gasteiger partial charge in [0.15, 0.2) is 11.5 Å². The monoisotopic (exact) mass is 477 g/mol. The van der Waals surface area contributed by atoms with E-state index in [9.17, 15) is 4.79 Å². The summed E-state index contributed by atoms with van der Waals surface area (Å²) in [4.78, 5) is 15.3. The van der Waals surface area contributed by atoms with Crippen molar-refractivity contribution in [2.24, 2.45) is 0 Å². The fraction of sp³-hybridized carbons (Fsp3) is 0.440. The summed E-state index contributed by atoms with van der Waals surface area (Å²) in [5.41, 5.74) is 2.78. The van der Waals surface area contributed by atoms with E-state index in [2.05, 4.69) is 55.3 Å². The minimum atomic E-state index is -0.209. The zero-order valence-electron chi connectivity index (χ0n) is 20.2. The van der Waals surface area contributed by atoms with Gasteiger partial charge in [-0.05, 0) is 74.3 Å². The lowest BCUT2D eigenvalue weighted by atomic mass is 9.65. The van der Waals surface area contributed by atoms with Crippen LogP contribution in [0.5, 0.6) is 11.5 Å². The number of likely N-dealkylation sites (tertiary alicyclic amines) is 1. The Morgan fingerprint density at radius 2 is 2.00 bits per heavy atom. The second-order valence-electron chi connectivity index (χ2n) is 9.36. The number of fused-ring (bicyclic) bond motifs is 1. The molecule has 1 aliphatic heterocycles. The zero-order chi connectivity index (χ0) is 24.4. The number of likely N-dealkylation sites (N-methyl/N-ethyl adjacent to an activating group) is 1. The molecular weight excluding hydrogens is 446 g/mol. The Morgan fingerprint density at radius 1 is 1.14 bits per heavy atom. The summed E-state index contributed by atoms with van der Waals surface area (Å²) in [5.74, 6) is 1.98. The summed E-state index contributed by atoms with van der Waals surface area (Å²) >= 11 is 0. The Kier molecular flexibility index (Phi) is 6.29. The van der Waals surface area contributed by atoms with Crippen LogP contribution in [0.15, 0.2) is 42.5 Å². The van der Waals surface area contributed by atoms with Crippen molar-refractivity contribution in [2.75, 3.05) is 33.1 Å². The van der Waals surface area contributed by atoms with Gasteiger partial charge in [0.05, 0.1) is 14.2 Å². The Balaban J connectivity index is 1.27. The van der Waals surface area contributed by atoms with Gasteiger partial charge in [-0.3, -0.25) is 0 Å². The smallest absolute Gasteiger partial charge is 0.319 e. The highest BCUT2D eigenvalue weighted by Crippen LogP contribution is 2.49. The van der Waals surface area contributed by atoms with Crippen molar-refractivity contribution in [3.8, 4) is 22.9 Å². The van der Waals surface area contributed by atoms with Crippen molar-refractivity contribution in [3.63, 3.8) is 0 Å². The lowest BCUT2D eigenvalue weighted by Crippen LogP contribution is -2.52. The van der Waals surface area contributed by atoms with Crippen molar-refractivity contribution >= 4 is 11.7 Å². The second kappa shape index (κ2) is 9.53. The summed E-state index contributed by atoms with van der Waals surface area (Å²) in [6.07, 6.45) is 3.89. The maximum atomic E-state index is 12.8. The molecule has 3 N–H and O–H groups in total. The maximum absolute atomic E-state index is 12.8. The normalized spacial score (nSPS) is 24.0. The third-order valence-corrected chi connectivity index (χ3v) is 7.54. The van der Waals surface area contributed by atoms with Crippen LogP contribution in [-0.4, -0.2) is 71.5 Å². The van der Waals surface area contributed by atoms with Gasteiger partial charge in [-0.25, -0.2) is 4.79 Å². The van der Waals surface area contributed by atoms with Crippen molar-refractivity contribution in [2.45, 2.75) is 43.2 Å². The molecule has 1 saturated heterocycles. The average molecular weight is 478 g/mol. The number of carbonyl (C=O) groups is 1. The van der Waals surface area contributed by atoms with E-state index in [1.165, 1.54) is 5.56 Å². The van der Waals surface area contributed by atoms with E-state index in [4.69, 9.17) is 9.47 Å². The highest BCUT2D eigenvalue weighted by molar-refractivity contribution is 5.90. The number of urea groups is 1. The van der Waals surface area contributed by atoms with Crippen LogP contribution in [0.1, 0.15) is 31.2 Å². The van der Waals surface area contributed by atoms with Crippen LogP contribution in [-0.2, 0) is 5.41 Å².